The van der Waals surface area contributed by atoms with Gasteiger partial charge in [-0.15, -0.1) is 0 Å². The monoisotopic (exact) mass is 346 g/mol. The van der Waals surface area contributed by atoms with Crippen LogP contribution in [0.3, 0.4) is 0 Å². The second-order valence-corrected chi connectivity index (χ2v) is 6.60. The molecule has 0 aliphatic carbocycles. The average molecular weight is 346 g/mol. The largest absolute Gasteiger partial charge is 0.381 e. The number of ether oxygens (including phenoxy) is 1. The number of nitrogens with zero attached hydrogens (tertiary/aromatic N) is 2. The van der Waals surface area contributed by atoms with Gasteiger partial charge in [0.25, 0.3) is 0 Å². The van der Waals surface area contributed by atoms with E-state index < -0.39 is 0 Å². The molecular weight excluding hydrogens is 324 g/mol. The number of amides is 2. The van der Waals surface area contributed by atoms with Crippen molar-refractivity contribution in [2.75, 3.05) is 18.5 Å². The Morgan fingerprint density at radius 2 is 2.08 bits per heavy atom. The molecule has 0 radical (unpaired) electrons. The molecule has 2 heterocycles. The highest BCUT2D eigenvalue weighted by atomic mass is 32.1. The van der Waals surface area contributed by atoms with Gasteiger partial charge in [0.15, 0.2) is 5.82 Å². The smallest absolute Gasteiger partial charge is 0.321 e. The highest BCUT2D eigenvalue weighted by Crippen LogP contribution is 2.22. The molecule has 1 saturated heterocycles. The molecule has 0 unspecified atom stereocenters. The average Bonchev–Trinajstić information content (AvgIpc) is 3.09. The van der Waals surface area contributed by atoms with Gasteiger partial charge in [0.2, 0.25) is 5.13 Å². The van der Waals surface area contributed by atoms with Crippen LogP contribution in [0.25, 0.3) is 11.4 Å². The summed E-state index contributed by atoms with van der Waals surface area (Å²) in [4.78, 5) is 16.6. The van der Waals surface area contributed by atoms with Gasteiger partial charge in [-0.25, -0.2) is 4.79 Å². The molecule has 1 aromatic carbocycles. The molecule has 1 aromatic heterocycles. The van der Waals surface area contributed by atoms with Gasteiger partial charge in [-0.1, -0.05) is 37.3 Å². The summed E-state index contributed by atoms with van der Waals surface area (Å²) >= 11 is 1.19. The first-order valence-electron chi connectivity index (χ1n) is 8.30. The van der Waals surface area contributed by atoms with E-state index in [2.05, 4.69) is 26.9 Å². The third-order valence-corrected chi connectivity index (χ3v) is 4.90. The summed E-state index contributed by atoms with van der Waals surface area (Å²) < 4.78 is 9.70. The summed E-state index contributed by atoms with van der Waals surface area (Å²) in [6, 6.07) is 9.67. The maximum atomic E-state index is 12.3. The number of rotatable bonds is 5. The van der Waals surface area contributed by atoms with Crippen LogP contribution in [-0.2, 0) is 4.74 Å². The van der Waals surface area contributed by atoms with E-state index in [4.69, 9.17) is 4.74 Å². The van der Waals surface area contributed by atoms with E-state index in [-0.39, 0.29) is 12.1 Å². The van der Waals surface area contributed by atoms with E-state index >= 15 is 0 Å². The first-order chi connectivity index (χ1) is 11.8. The number of nitrogens with one attached hydrogen (secondary N) is 2. The first kappa shape index (κ1) is 16.9. The van der Waals surface area contributed by atoms with Gasteiger partial charge in [0, 0.05) is 36.4 Å². The molecule has 2 N–H and O–H groups in total. The topological polar surface area (TPSA) is 76.1 Å². The number of hydrogen-bond acceptors (Lipinski definition) is 5. The van der Waals surface area contributed by atoms with Gasteiger partial charge in [-0.3, -0.25) is 5.32 Å². The van der Waals surface area contributed by atoms with Gasteiger partial charge in [-0.2, -0.15) is 9.36 Å². The Bertz CT molecular complexity index is 656. The molecule has 24 heavy (non-hydrogen) atoms. The molecule has 0 bridgehead atoms. The van der Waals surface area contributed by atoms with Gasteiger partial charge in [0.1, 0.15) is 0 Å². The van der Waals surface area contributed by atoms with Crippen molar-refractivity contribution < 1.29 is 9.53 Å². The highest BCUT2D eigenvalue weighted by Gasteiger charge is 2.24. The fraction of sp³-hybridized carbons (Fsp3) is 0.471. The Kier molecular flexibility index (Phi) is 5.77. The van der Waals surface area contributed by atoms with Gasteiger partial charge >= 0.3 is 6.03 Å². The number of anilines is 1. The molecule has 3 rings (SSSR count). The minimum Gasteiger partial charge on any atom is -0.381 e. The summed E-state index contributed by atoms with van der Waals surface area (Å²) in [5.74, 6) is 1.11. The lowest BCUT2D eigenvalue weighted by atomic mass is 9.90. The van der Waals surface area contributed by atoms with Crippen molar-refractivity contribution in [2.45, 2.75) is 32.2 Å². The minimum atomic E-state index is -0.218. The van der Waals surface area contributed by atoms with Crippen LogP contribution in [0, 0.1) is 5.92 Å². The molecule has 2 amide bonds. The van der Waals surface area contributed by atoms with E-state index in [9.17, 15) is 4.79 Å². The maximum Gasteiger partial charge on any atom is 0.321 e. The lowest BCUT2D eigenvalue weighted by Crippen LogP contribution is -2.43. The molecule has 6 nitrogen and oxygen atoms in total. The second-order valence-electron chi connectivity index (χ2n) is 5.85. The van der Waals surface area contributed by atoms with Gasteiger partial charge in [0.05, 0.1) is 0 Å². The lowest BCUT2D eigenvalue weighted by molar-refractivity contribution is 0.0547. The van der Waals surface area contributed by atoms with E-state index in [0.717, 1.165) is 38.0 Å². The number of urea groups is 1. The van der Waals surface area contributed by atoms with Crippen LogP contribution in [0.15, 0.2) is 30.3 Å². The first-order valence-corrected chi connectivity index (χ1v) is 9.08. The molecule has 7 heteroatoms. The molecule has 0 spiro atoms. The van der Waals surface area contributed by atoms with E-state index in [0.29, 0.717) is 16.9 Å². The standard InChI is InChI=1S/C17H22N4O2S/c1-2-14(12-8-10-23-11-9-12)18-16(22)20-17-19-15(21-24-17)13-6-4-3-5-7-13/h3-7,12,14H,2,8-11H2,1H3,(H2,18,19,20,21,22)/t14-/m1/s1. The Morgan fingerprint density at radius 3 is 2.79 bits per heavy atom. The minimum absolute atomic E-state index is 0.162. The summed E-state index contributed by atoms with van der Waals surface area (Å²) in [5, 5.41) is 6.37. The van der Waals surface area contributed by atoms with Crippen LogP contribution in [-0.4, -0.2) is 34.6 Å². The lowest BCUT2D eigenvalue weighted by Gasteiger charge is -2.30. The van der Waals surface area contributed by atoms with Crippen molar-refractivity contribution in [2.24, 2.45) is 5.92 Å². The van der Waals surface area contributed by atoms with Crippen LogP contribution in [0.2, 0.25) is 0 Å². The van der Waals surface area contributed by atoms with E-state index in [1.807, 2.05) is 30.3 Å². The summed E-state index contributed by atoms with van der Waals surface area (Å²) in [5.41, 5.74) is 0.941. The van der Waals surface area contributed by atoms with Crippen molar-refractivity contribution in [3.05, 3.63) is 30.3 Å². The number of carbonyl (C=O) groups is 1. The maximum absolute atomic E-state index is 12.3. The second kappa shape index (κ2) is 8.21. The van der Waals surface area contributed by atoms with E-state index in [1.165, 1.54) is 11.5 Å². The van der Waals surface area contributed by atoms with Gasteiger partial charge in [-0.05, 0) is 25.2 Å². The molecule has 1 atom stereocenters. The van der Waals surface area contributed by atoms with Gasteiger partial charge < -0.3 is 10.1 Å². The van der Waals surface area contributed by atoms with Crippen LogP contribution < -0.4 is 10.6 Å². The zero-order valence-electron chi connectivity index (χ0n) is 13.7. The predicted molar refractivity (Wildman–Crippen MR) is 95.1 cm³/mol. The van der Waals surface area contributed by atoms with Crippen molar-refractivity contribution in [1.82, 2.24) is 14.7 Å². The molecule has 0 saturated carbocycles. The zero-order valence-corrected chi connectivity index (χ0v) is 14.5. The fourth-order valence-corrected chi connectivity index (χ4v) is 3.54. The Balaban J connectivity index is 1.57. The molecule has 128 valence electrons. The Labute approximate surface area is 145 Å². The van der Waals surface area contributed by atoms with Crippen molar-refractivity contribution in [3.8, 4) is 11.4 Å². The quantitative estimate of drug-likeness (QED) is 0.868. The van der Waals surface area contributed by atoms with Crippen LogP contribution >= 0.6 is 11.5 Å². The third-order valence-electron chi connectivity index (χ3n) is 4.27. The predicted octanol–water partition coefficient (Wildman–Crippen LogP) is 3.53. The molecule has 1 fully saturated rings. The molecular formula is C17H22N4O2S. The Hall–Kier alpha value is -1.99. The number of carbonyl (C=O) groups excluding carboxylic acids is 1. The van der Waals surface area contributed by atoms with Crippen molar-refractivity contribution in [3.63, 3.8) is 0 Å². The van der Waals surface area contributed by atoms with Crippen molar-refractivity contribution in [1.29, 1.82) is 0 Å². The molecule has 2 aromatic rings. The summed E-state index contributed by atoms with van der Waals surface area (Å²) in [7, 11) is 0. The normalized spacial score (nSPS) is 16.5. The van der Waals surface area contributed by atoms with Crippen LogP contribution in [0.5, 0.6) is 0 Å². The summed E-state index contributed by atoms with van der Waals surface area (Å²) in [6.45, 7) is 3.65. The molecule has 1 aliphatic heterocycles. The summed E-state index contributed by atoms with van der Waals surface area (Å²) in [6.07, 6.45) is 2.90. The number of benzene rings is 1. The van der Waals surface area contributed by atoms with E-state index in [1.54, 1.807) is 0 Å². The number of aromatic nitrogens is 2. The van der Waals surface area contributed by atoms with Crippen LogP contribution in [0.1, 0.15) is 26.2 Å². The fourth-order valence-electron chi connectivity index (χ4n) is 2.95. The Morgan fingerprint density at radius 1 is 1.33 bits per heavy atom. The number of hydrogen-bond donors (Lipinski definition) is 2. The SMILES string of the molecule is CC[C@@H](NC(=O)Nc1nc(-c2ccccc2)ns1)C1CCOCC1. The molecule has 1 aliphatic rings. The third kappa shape index (κ3) is 4.30. The zero-order chi connectivity index (χ0) is 16.8. The van der Waals surface area contributed by atoms with Crippen molar-refractivity contribution >= 4 is 22.7 Å². The van der Waals surface area contributed by atoms with Crippen LogP contribution in [0.4, 0.5) is 9.93 Å². The highest BCUT2D eigenvalue weighted by molar-refractivity contribution is 7.10.